The van der Waals surface area contributed by atoms with Crippen molar-refractivity contribution in [3.8, 4) is 0 Å². The highest BCUT2D eigenvalue weighted by Gasteiger charge is 2.34. The zero-order chi connectivity index (χ0) is 23.2. The quantitative estimate of drug-likeness (QED) is 0.393. The number of hydrogen-bond donors (Lipinski definition) is 0. The van der Waals surface area contributed by atoms with Crippen molar-refractivity contribution in [1.82, 2.24) is 24.3 Å². The van der Waals surface area contributed by atoms with Gasteiger partial charge in [-0.2, -0.15) is 4.31 Å². The number of aryl methyl sites for hydroxylation is 5. The Morgan fingerprint density at radius 1 is 1.09 bits per heavy atom. The first-order chi connectivity index (χ1) is 15.1. The third-order valence-corrected chi connectivity index (χ3v) is 9.80. The maximum atomic E-state index is 13.0. The Kier molecular flexibility index (Phi) is 6.31. The summed E-state index contributed by atoms with van der Waals surface area (Å²) in [6, 6.07) is 0. The van der Waals surface area contributed by atoms with Crippen molar-refractivity contribution >= 4 is 49.2 Å². The number of sulfonamides is 1. The fraction of sp³-hybridized carbons (Fsp3) is 0.500. The van der Waals surface area contributed by atoms with Gasteiger partial charge < -0.3 is 9.42 Å². The number of aromatic nitrogens is 3. The van der Waals surface area contributed by atoms with Crippen molar-refractivity contribution in [3.63, 3.8) is 0 Å². The lowest BCUT2D eigenvalue weighted by Crippen LogP contribution is -2.51. The lowest BCUT2D eigenvalue weighted by Gasteiger charge is -2.33. The smallest absolute Gasteiger partial charge is 0.248 e. The molecule has 32 heavy (non-hydrogen) atoms. The van der Waals surface area contributed by atoms with Crippen molar-refractivity contribution in [2.24, 2.45) is 0 Å². The van der Waals surface area contributed by atoms with Gasteiger partial charge >= 0.3 is 0 Å². The van der Waals surface area contributed by atoms with E-state index in [2.05, 4.69) is 29.0 Å². The van der Waals surface area contributed by atoms with Crippen LogP contribution in [0.3, 0.4) is 0 Å². The first-order valence-corrected chi connectivity index (χ1v) is 13.4. The number of thiophene rings is 1. The van der Waals surface area contributed by atoms with Crippen molar-refractivity contribution in [3.05, 3.63) is 27.7 Å². The van der Waals surface area contributed by atoms with Crippen LogP contribution in [0.1, 0.15) is 27.7 Å². The predicted molar refractivity (Wildman–Crippen MR) is 124 cm³/mol. The molecule has 0 spiro atoms. The van der Waals surface area contributed by atoms with Gasteiger partial charge in [-0.25, -0.2) is 18.4 Å². The molecule has 9 nitrogen and oxygen atoms in total. The summed E-state index contributed by atoms with van der Waals surface area (Å²) in [5.74, 6) is 1.18. The molecule has 1 fully saturated rings. The number of amides is 1. The van der Waals surface area contributed by atoms with Gasteiger partial charge in [0.1, 0.15) is 26.3 Å². The summed E-state index contributed by atoms with van der Waals surface area (Å²) in [6.45, 7) is 10.3. The molecule has 3 aromatic heterocycles. The highest BCUT2D eigenvalue weighted by Crippen LogP contribution is 2.35. The molecule has 0 atom stereocenters. The minimum Gasteiger partial charge on any atom is -0.360 e. The van der Waals surface area contributed by atoms with E-state index in [0.29, 0.717) is 24.6 Å². The second-order valence-electron chi connectivity index (χ2n) is 7.77. The van der Waals surface area contributed by atoms with Gasteiger partial charge in [0.2, 0.25) is 15.9 Å². The molecular weight excluding hydrogens is 470 g/mol. The van der Waals surface area contributed by atoms with Crippen LogP contribution in [0, 0.1) is 34.6 Å². The molecular formula is C20H25N5O4S3. The second kappa shape index (κ2) is 8.73. The van der Waals surface area contributed by atoms with E-state index >= 15 is 0 Å². The van der Waals surface area contributed by atoms with Crippen molar-refractivity contribution in [2.75, 3.05) is 31.9 Å². The molecule has 4 heterocycles. The fourth-order valence-electron chi connectivity index (χ4n) is 3.79. The van der Waals surface area contributed by atoms with Crippen LogP contribution < -0.4 is 0 Å². The van der Waals surface area contributed by atoms with Crippen LogP contribution in [0.2, 0.25) is 0 Å². The Hall–Kier alpha value is -2.02. The molecule has 0 N–H and O–H groups in total. The molecule has 1 amide bonds. The van der Waals surface area contributed by atoms with Gasteiger partial charge in [0.15, 0.2) is 5.76 Å². The predicted octanol–water partition coefficient (Wildman–Crippen LogP) is 2.85. The molecule has 1 aliphatic rings. The van der Waals surface area contributed by atoms with Gasteiger partial charge in [0, 0.05) is 36.4 Å². The van der Waals surface area contributed by atoms with E-state index < -0.39 is 10.0 Å². The van der Waals surface area contributed by atoms with Crippen LogP contribution >= 0.6 is 23.1 Å². The van der Waals surface area contributed by atoms with E-state index in [0.717, 1.165) is 20.8 Å². The lowest BCUT2D eigenvalue weighted by atomic mass is 10.2. The first-order valence-electron chi connectivity index (χ1n) is 10.2. The van der Waals surface area contributed by atoms with Gasteiger partial charge in [-0.15, -0.1) is 11.3 Å². The monoisotopic (exact) mass is 495 g/mol. The number of carbonyl (C=O) groups excluding carboxylic acids is 1. The topological polar surface area (TPSA) is 110 Å². The second-order valence-corrected chi connectivity index (χ2v) is 11.8. The zero-order valence-corrected chi connectivity index (χ0v) is 21.1. The normalized spacial score (nSPS) is 15.6. The van der Waals surface area contributed by atoms with Crippen LogP contribution in [-0.4, -0.2) is 70.6 Å². The molecule has 0 bridgehead atoms. The largest absolute Gasteiger partial charge is 0.360 e. The standard InChI is InChI=1S/C20H25N5O4S3/c1-11-14(4)31-20-17(11)19(21-15(5)22-20)30-10-16(26)24-6-8-25(9-7-24)32(27,28)18-12(2)23-29-13(18)3/h6-10H2,1-5H3. The third-order valence-electron chi connectivity index (χ3n) is 5.60. The molecule has 0 radical (unpaired) electrons. The van der Waals surface area contributed by atoms with Crippen LogP contribution in [0.4, 0.5) is 0 Å². The van der Waals surface area contributed by atoms with E-state index in [9.17, 15) is 13.2 Å². The number of piperazine rings is 1. The molecule has 1 aliphatic heterocycles. The highest BCUT2D eigenvalue weighted by atomic mass is 32.2. The molecule has 3 aromatic rings. The van der Waals surface area contributed by atoms with Gasteiger partial charge in [-0.1, -0.05) is 16.9 Å². The number of thioether (sulfide) groups is 1. The average molecular weight is 496 g/mol. The lowest BCUT2D eigenvalue weighted by molar-refractivity contribution is -0.129. The van der Waals surface area contributed by atoms with Crippen molar-refractivity contribution in [1.29, 1.82) is 0 Å². The van der Waals surface area contributed by atoms with Crippen LogP contribution in [0.15, 0.2) is 14.4 Å². The molecule has 172 valence electrons. The van der Waals surface area contributed by atoms with Crippen LogP contribution in [-0.2, 0) is 14.8 Å². The van der Waals surface area contributed by atoms with Crippen molar-refractivity contribution < 1.29 is 17.7 Å². The SMILES string of the molecule is Cc1nc(SCC(=O)N2CCN(S(=O)(=O)c3c(C)noc3C)CC2)c2c(C)c(C)sc2n1. The summed E-state index contributed by atoms with van der Waals surface area (Å²) < 4.78 is 32.4. The van der Waals surface area contributed by atoms with Crippen LogP contribution in [0.5, 0.6) is 0 Å². The number of hydrogen-bond acceptors (Lipinski definition) is 9. The maximum Gasteiger partial charge on any atom is 0.248 e. The maximum absolute atomic E-state index is 13.0. The Balaban J connectivity index is 1.41. The Bertz CT molecular complexity index is 1270. The van der Waals surface area contributed by atoms with E-state index in [1.54, 1.807) is 30.1 Å². The van der Waals surface area contributed by atoms with Gasteiger partial charge in [0.05, 0.1) is 5.75 Å². The molecule has 0 unspecified atom stereocenters. The number of carbonyl (C=O) groups is 1. The Labute approximate surface area is 195 Å². The summed E-state index contributed by atoms with van der Waals surface area (Å²) in [7, 11) is -3.70. The van der Waals surface area contributed by atoms with Gasteiger partial charge in [-0.3, -0.25) is 4.79 Å². The minimum atomic E-state index is -3.70. The molecule has 0 aliphatic carbocycles. The average Bonchev–Trinajstić information content (AvgIpc) is 3.23. The van der Waals surface area contributed by atoms with Crippen LogP contribution in [0.25, 0.3) is 10.2 Å². The Morgan fingerprint density at radius 2 is 1.78 bits per heavy atom. The minimum absolute atomic E-state index is 0.0293. The van der Waals surface area contributed by atoms with E-state index in [-0.39, 0.29) is 35.4 Å². The van der Waals surface area contributed by atoms with Gasteiger partial charge in [0.25, 0.3) is 0 Å². The number of nitrogens with zero attached hydrogens (tertiary/aromatic N) is 5. The van der Waals surface area contributed by atoms with E-state index in [4.69, 9.17) is 4.52 Å². The summed E-state index contributed by atoms with van der Waals surface area (Å²) in [4.78, 5) is 25.9. The summed E-state index contributed by atoms with van der Waals surface area (Å²) in [5, 5.41) is 5.59. The number of fused-ring (bicyclic) bond motifs is 1. The summed E-state index contributed by atoms with van der Waals surface area (Å²) in [5.41, 5.74) is 1.50. The molecule has 1 saturated heterocycles. The van der Waals surface area contributed by atoms with Gasteiger partial charge in [-0.05, 0) is 40.2 Å². The highest BCUT2D eigenvalue weighted by molar-refractivity contribution is 8.00. The van der Waals surface area contributed by atoms with Crippen molar-refractivity contribution in [2.45, 2.75) is 44.5 Å². The number of rotatable bonds is 5. The third kappa shape index (κ3) is 4.16. The molecule has 0 saturated carbocycles. The zero-order valence-electron chi connectivity index (χ0n) is 18.6. The molecule has 4 rings (SSSR count). The Morgan fingerprint density at radius 3 is 2.41 bits per heavy atom. The molecule has 0 aromatic carbocycles. The summed E-state index contributed by atoms with van der Waals surface area (Å²) >= 11 is 3.05. The van der Waals surface area contributed by atoms with E-state index in [1.165, 1.54) is 20.9 Å². The van der Waals surface area contributed by atoms with E-state index in [1.807, 2.05) is 6.92 Å². The fourth-order valence-corrected chi connectivity index (χ4v) is 7.68. The first kappa shape index (κ1) is 23.1. The molecule has 12 heteroatoms. The summed E-state index contributed by atoms with van der Waals surface area (Å²) in [6.07, 6.45) is 0.